The highest BCUT2D eigenvalue weighted by molar-refractivity contribution is 6.31. The molecule has 0 unspecified atom stereocenters. The van der Waals surface area contributed by atoms with Crippen LogP contribution in [0.15, 0.2) is 54.6 Å². The summed E-state index contributed by atoms with van der Waals surface area (Å²) >= 11 is 6.53. The monoisotopic (exact) mass is 557 g/mol. The lowest BCUT2D eigenvalue weighted by Crippen LogP contribution is -2.44. The Hall–Kier alpha value is -3.69. The molecular weight excluding hydrogens is 528 g/mol. The van der Waals surface area contributed by atoms with Crippen LogP contribution in [0.25, 0.3) is 0 Å². The average Bonchev–Trinajstić information content (AvgIpc) is 2.92. The summed E-state index contributed by atoms with van der Waals surface area (Å²) in [6, 6.07) is 12.5. The van der Waals surface area contributed by atoms with Gasteiger partial charge in [-0.05, 0) is 79.8 Å². The third-order valence-corrected chi connectivity index (χ3v) is 7.21. The summed E-state index contributed by atoms with van der Waals surface area (Å²) in [6.07, 6.45) is 3.04. The molecule has 0 saturated heterocycles. The molecule has 1 aliphatic carbocycles. The molecule has 10 heteroatoms. The van der Waals surface area contributed by atoms with Crippen LogP contribution in [0.1, 0.15) is 52.0 Å². The molecule has 206 valence electrons. The molecule has 7 nitrogen and oxygen atoms in total. The number of hydrogen-bond acceptors (Lipinski definition) is 5. The van der Waals surface area contributed by atoms with Crippen molar-refractivity contribution in [2.24, 2.45) is 5.73 Å². The van der Waals surface area contributed by atoms with Crippen molar-refractivity contribution in [3.8, 4) is 11.5 Å². The first-order valence-corrected chi connectivity index (χ1v) is 12.9. The summed E-state index contributed by atoms with van der Waals surface area (Å²) in [4.78, 5) is 28.2. The molecule has 0 aliphatic heterocycles. The molecular formula is C29H30ClF2N3O4. The van der Waals surface area contributed by atoms with E-state index in [2.05, 4.69) is 5.32 Å². The fourth-order valence-corrected chi connectivity index (χ4v) is 4.94. The van der Waals surface area contributed by atoms with Crippen LogP contribution < -0.4 is 20.5 Å². The minimum absolute atomic E-state index is 0.0741. The van der Waals surface area contributed by atoms with Crippen molar-refractivity contribution < 1.29 is 27.8 Å². The van der Waals surface area contributed by atoms with Crippen molar-refractivity contribution in [3.05, 3.63) is 87.9 Å². The fourth-order valence-electron chi connectivity index (χ4n) is 4.76. The minimum Gasteiger partial charge on any atom is -0.493 e. The number of benzene rings is 3. The molecule has 3 aromatic rings. The SMILES string of the molecule is COc1ccc(C(=O)N(Cc2cc(NC(=O)c3cc(F)cc(F)c3)ccc2Cl)C2CCC(N)CC2)cc1OC. The third-order valence-electron chi connectivity index (χ3n) is 6.84. The van der Waals surface area contributed by atoms with Crippen LogP contribution >= 0.6 is 11.6 Å². The van der Waals surface area contributed by atoms with Crippen molar-refractivity contribution in [2.45, 2.75) is 44.3 Å². The van der Waals surface area contributed by atoms with E-state index in [1.165, 1.54) is 14.2 Å². The number of amides is 2. The summed E-state index contributed by atoms with van der Waals surface area (Å²) in [5.74, 6) is -1.65. The topological polar surface area (TPSA) is 93.9 Å². The second-order valence-electron chi connectivity index (χ2n) is 9.49. The number of methoxy groups -OCH3 is 2. The lowest BCUT2D eigenvalue weighted by molar-refractivity contribution is 0.0606. The van der Waals surface area contributed by atoms with Gasteiger partial charge in [0.1, 0.15) is 11.6 Å². The fraction of sp³-hybridized carbons (Fsp3) is 0.310. The molecule has 0 atom stereocenters. The quantitative estimate of drug-likeness (QED) is 0.365. The summed E-state index contributed by atoms with van der Waals surface area (Å²) in [7, 11) is 3.03. The largest absolute Gasteiger partial charge is 0.493 e. The zero-order valence-electron chi connectivity index (χ0n) is 21.7. The number of anilines is 1. The Labute approximate surface area is 230 Å². The maximum atomic E-state index is 13.8. The van der Waals surface area contributed by atoms with E-state index in [0.717, 1.165) is 37.8 Å². The van der Waals surface area contributed by atoms with Gasteiger partial charge < -0.3 is 25.4 Å². The van der Waals surface area contributed by atoms with Crippen LogP contribution in [0, 0.1) is 11.6 Å². The number of rotatable bonds is 8. The molecule has 1 aliphatic rings. The molecule has 39 heavy (non-hydrogen) atoms. The van der Waals surface area contributed by atoms with E-state index in [-0.39, 0.29) is 30.1 Å². The van der Waals surface area contributed by atoms with Gasteiger partial charge in [-0.15, -0.1) is 0 Å². The Morgan fingerprint density at radius 1 is 0.923 bits per heavy atom. The first-order valence-electron chi connectivity index (χ1n) is 12.5. The van der Waals surface area contributed by atoms with Crippen LogP contribution in [0.5, 0.6) is 11.5 Å². The number of ether oxygens (including phenoxy) is 2. The van der Waals surface area contributed by atoms with Gasteiger partial charge in [-0.3, -0.25) is 9.59 Å². The smallest absolute Gasteiger partial charge is 0.255 e. The van der Waals surface area contributed by atoms with Gasteiger partial charge in [-0.25, -0.2) is 8.78 Å². The summed E-state index contributed by atoms with van der Waals surface area (Å²) in [5.41, 5.74) is 7.36. The number of carbonyl (C=O) groups excluding carboxylic acids is 2. The van der Waals surface area contributed by atoms with Crippen molar-refractivity contribution in [1.29, 1.82) is 0 Å². The van der Waals surface area contributed by atoms with Gasteiger partial charge in [0.2, 0.25) is 0 Å². The molecule has 1 saturated carbocycles. The normalized spacial score (nSPS) is 16.9. The van der Waals surface area contributed by atoms with Gasteiger partial charge in [0.15, 0.2) is 11.5 Å². The highest BCUT2D eigenvalue weighted by Crippen LogP contribution is 2.32. The van der Waals surface area contributed by atoms with E-state index in [4.69, 9.17) is 26.8 Å². The second kappa shape index (κ2) is 12.4. The molecule has 3 aromatic carbocycles. The molecule has 3 N–H and O–H groups in total. The number of carbonyl (C=O) groups is 2. The van der Waals surface area contributed by atoms with E-state index >= 15 is 0 Å². The van der Waals surface area contributed by atoms with Crippen LogP contribution in [0.2, 0.25) is 5.02 Å². The average molecular weight is 558 g/mol. The lowest BCUT2D eigenvalue weighted by atomic mass is 9.90. The van der Waals surface area contributed by atoms with Gasteiger partial charge in [0, 0.05) is 46.5 Å². The maximum Gasteiger partial charge on any atom is 0.255 e. The van der Waals surface area contributed by atoms with Crippen molar-refractivity contribution in [3.63, 3.8) is 0 Å². The first-order chi connectivity index (χ1) is 18.7. The molecule has 0 bridgehead atoms. The number of nitrogens with two attached hydrogens (primary N) is 1. The van der Waals surface area contributed by atoms with Crippen LogP contribution in [-0.4, -0.2) is 43.0 Å². The summed E-state index contributed by atoms with van der Waals surface area (Å²) in [5, 5.41) is 3.05. The van der Waals surface area contributed by atoms with Gasteiger partial charge >= 0.3 is 0 Å². The zero-order valence-corrected chi connectivity index (χ0v) is 22.4. The van der Waals surface area contributed by atoms with Crippen molar-refractivity contribution in [1.82, 2.24) is 4.90 Å². The van der Waals surface area contributed by atoms with Crippen LogP contribution in [0.3, 0.4) is 0 Å². The van der Waals surface area contributed by atoms with Crippen molar-refractivity contribution in [2.75, 3.05) is 19.5 Å². The van der Waals surface area contributed by atoms with E-state index in [0.29, 0.717) is 39.4 Å². The molecule has 2 amide bonds. The zero-order chi connectivity index (χ0) is 28.1. The minimum atomic E-state index is -0.853. The van der Waals surface area contributed by atoms with E-state index < -0.39 is 17.5 Å². The first kappa shape index (κ1) is 28.3. The molecule has 0 heterocycles. The maximum absolute atomic E-state index is 13.8. The summed E-state index contributed by atoms with van der Waals surface area (Å²) < 4.78 is 37.9. The number of hydrogen-bond donors (Lipinski definition) is 2. The molecule has 4 rings (SSSR count). The Morgan fingerprint density at radius 3 is 2.23 bits per heavy atom. The molecule has 0 aromatic heterocycles. The van der Waals surface area contributed by atoms with Crippen LogP contribution in [0.4, 0.5) is 14.5 Å². The number of halogens is 3. The van der Waals surface area contributed by atoms with E-state index in [1.54, 1.807) is 41.3 Å². The third kappa shape index (κ3) is 6.85. The molecule has 0 spiro atoms. The Kier molecular flexibility index (Phi) is 9.04. The highest BCUT2D eigenvalue weighted by atomic mass is 35.5. The van der Waals surface area contributed by atoms with E-state index in [9.17, 15) is 18.4 Å². The Morgan fingerprint density at radius 2 is 1.59 bits per heavy atom. The van der Waals surface area contributed by atoms with Crippen LogP contribution in [-0.2, 0) is 6.54 Å². The standard InChI is InChI=1S/C29H30ClF2N3O4/c1-38-26-10-3-17(14-27(26)39-2)29(37)35(24-7-4-22(33)5-8-24)16-19-13-23(6-9-25(19)30)34-28(36)18-11-20(31)15-21(32)12-18/h3,6,9-15,22,24H,4-5,7-8,16,33H2,1-2H3,(H,34,36). The van der Waals surface area contributed by atoms with Gasteiger partial charge in [0.25, 0.3) is 11.8 Å². The molecule has 1 fully saturated rings. The highest BCUT2D eigenvalue weighted by Gasteiger charge is 2.30. The number of nitrogens with one attached hydrogen (secondary N) is 1. The van der Waals surface area contributed by atoms with E-state index in [1.807, 2.05) is 0 Å². The predicted octanol–water partition coefficient (Wildman–Crippen LogP) is 5.80. The number of nitrogens with zero attached hydrogens (tertiary/aromatic N) is 1. The Balaban J connectivity index is 1.62. The van der Waals surface area contributed by atoms with Gasteiger partial charge in [0.05, 0.1) is 14.2 Å². The summed E-state index contributed by atoms with van der Waals surface area (Å²) in [6.45, 7) is 0.171. The predicted molar refractivity (Wildman–Crippen MR) is 145 cm³/mol. The van der Waals surface area contributed by atoms with Gasteiger partial charge in [-0.2, -0.15) is 0 Å². The van der Waals surface area contributed by atoms with Crippen molar-refractivity contribution >= 4 is 29.1 Å². The van der Waals surface area contributed by atoms with Gasteiger partial charge in [-0.1, -0.05) is 11.6 Å². The Bertz CT molecular complexity index is 1340. The second-order valence-corrected chi connectivity index (χ2v) is 9.90. The lowest BCUT2D eigenvalue weighted by Gasteiger charge is -2.36. The molecule has 0 radical (unpaired) electrons.